The summed E-state index contributed by atoms with van der Waals surface area (Å²) in [7, 11) is 0. The number of ether oxygens (including phenoxy) is 3. The van der Waals surface area contributed by atoms with Crippen LogP contribution in [0.2, 0.25) is 0 Å². The number of fused-ring (bicyclic) bond motifs is 1. The smallest absolute Gasteiger partial charge is 0.344 e. The standard InChI is InChI=1S/C30H31N3O6S/c1-3-38-22-11-9-21(10-12-22)31-29-27(30(36)39-4-2)28(35)25(40-29)17-20-18-33(24-8-6-5-7-23(20)24)19-26(34)32-13-15-37-16-14-32/h5-12,17-18,35H,3-4,13-16,19H2,1-2H3/b25-17-,31-29?. The number of aliphatic imine (C=N–C) groups is 1. The number of nitrogens with zero attached hydrogens (tertiary/aromatic N) is 3. The molecule has 2 aliphatic heterocycles. The van der Waals surface area contributed by atoms with E-state index in [9.17, 15) is 14.7 Å². The summed E-state index contributed by atoms with van der Waals surface area (Å²) in [5.74, 6) is -0.0808. The largest absolute Gasteiger partial charge is 0.506 e. The van der Waals surface area contributed by atoms with E-state index >= 15 is 0 Å². The fraction of sp³-hybridized carbons (Fsp3) is 0.300. The molecule has 1 amide bonds. The number of aromatic nitrogens is 1. The summed E-state index contributed by atoms with van der Waals surface area (Å²) < 4.78 is 18.0. The van der Waals surface area contributed by atoms with Gasteiger partial charge in [0.25, 0.3) is 0 Å². The van der Waals surface area contributed by atoms with E-state index in [1.165, 1.54) is 11.8 Å². The topological polar surface area (TPSA) is 103 Å². The lowest BCUT2D eigenvalue weighted by Gasteiger charge is -2.27. The van der Waals surface area contributed by atoms with Crippen molar-refractivity contribution < 1.29 is 28.9 Å². The summed E-state index contributed by atoms with van der Waals surface area (Å²) in [6.07, 6.45) is 3.72. The maximum absolute atomic E-state index is 13.0. The maximum atomic E-state index is 13.0. The van der Waals surface area contributed by atoms with Crippen LogP contribution in [0.25, 0.3) is 17.0 Å². The van der Waals surface area contributed by atoms with Crippen molar-refractivity contribution in [3.8, 4) is 5.75 Å². The zero-order valence-corrected chi connectivity index (χ0v) is 23.3. The zero-order valence-electron chi connectivity index (χ0n) is 22.5. The molecule has 40 heavy (non-hydrogen) atoms. The lowest BCUT2D eigenvalue weighted by Crippen LogP contribution is -2.42. The number of morpholine rings is 1. The SMILES string of the molecule is CCOC(=O)C1=C(O)/C(=C/c2cn(CC(=O)N3CCOCC3)c3ccccc23)SC1=Nc1ccc(OCC)cc1. The van der Waals surface area contributed by atoms with Crippen LogP contribution in [0.1, 0.15) is 19.4 Å². The van der Waals surface area contributed by atoms with E-state index in [4.69, 9.17) is 14.2 Å². The Balaban J connectivity index is 1.49. The van der Waals surface area contributed by atoms with Crippen LogP contribution in [0.3, 0.4) is 0 Å². The molecule has 2 aliphatic rings. The van der Waals surface area contributed by atoms with Crippen molar-refractivity contribution in [3.63, 3.8) is 0 Å². The Labute approximate surface area is 236 Å². The molecular formula is C30H31N3O6S. The van der Waals surface area contributed by atoms with Crippen LogP contribution in [0.4, 0.5) is 5.69 Å². The van der Waals surface area contributed by atoms with Gasteiger partial charge in [-0.15, -0.1) is 0 Å². The van der Waals surface area contributed by atoms with E-state index in [2.05, 4.69) is 4.99 Å². The molecule has 1 aromatic heterocycles. The van der Waals surface area contributed by atoms with Crippen LogP contribution >= 0.6 is 11.8 Å². The van der Waals surface area contributed by atoms with Gasteiger partial charge in [-0.05, 0) is 50.3 Å². The van der Waals surface area contributed by atoms with Crippen LogP contribution in [0.5, 0.6) is 5.75 Å². The molecule has 208 valence electrons. The molecule has 3 aromatic rings. The second kappa shape index (κ2) is 12.4. The molecule has 0 aliphatic carbocycles. The van der Waals surface area contributed by atoms with E-state index in [1.54, 1.807) is 31.2 Å². The van der Waals surface area contributed by atoms with Crippen LogP contribution in [-0.2, 0) is 25.6 Å². The highest BCUT2D eigenvalue weighted by Crippen LogP contribution is 2.41. The summed E-state index contributed by atoms with van der Waals surface area (Å²) in [5.41, 5.74) is 2.35. The Morgan fingerprint density at radius 1 is 1.07 bits per heavy atom. The number of thioether (sulfide) groups is 1. The highest BCUT2D eigenvalue weighted by Gasteiger charge is 2.33. The summed E-state index contributed by atoms with van der Waals surface area (Å²) in [6.45, 7) is 6.79. The van der Waals surface area contributed by atoms with Crippen molar-refractivity contribution in [3.05, 3.63) is 76.5 Å². The lowest BCUT2D eigenvalue weighted by atomic mass is 10.1. The Morgan fingerprint density at radius 2 is 1.82 bits per heavy atom. The predicted octanol–water partition coefficient (Wildman–Crippen LogP) is 5.09. The van der Waals surface area contributed by atoms with Crippen LogP contribution in [0, 0.1) is 0 Å². The molecule has 0 radical (unpaired) electrons. The number of benzene rings is 2. The Hall–Kier alpha value is -4.02. The van der Waals surface area contributed by atoms with E-state index in [0.717, 1.165) is 22.2 Å². The van der Waals surface area contributed by atoms with Gasteiger partial charge in [0.15, 0.2) is 0 Å². The number of rotatable bonds is 8. The number of para-hydroxylation sites is 1. The van der Waals surface area contributed by atoms with E-state index in [1.807, 2.05) is 52.9 Å². The average Bonchev–Trinajstić information content (AvgIpc) is 3.47. The monoisotopic (exact) mass is 561 g/mol. The Morgan fingerprint density at radius 3 is 2.55 bits per heavy atom. The summed E-state index contributed by atoms with van der Waals surface area (Å²) in [5, 5.41) is 12.4. The molecule has 0 unspecified atom stereocenters. The molecule has 0 saturated carbocycles. The van der Waals surface area contributed by atoms with E-state index < -0.39 is 5.97 Å². The fourth-order valence-corrected chi connectivity index (χ4v) is 5.64. The molecule has 0 spiro atoms. The number of hydrogen-bond donors (Lipinski definition) is 1. The molecule has 9 nitrogen and oxygen atoms in total. The van der Waals surface area contributed by atoms with Gasteiger partial charge >= 0.3 is 5.97 Å². The van der Waals surface area contributed by atoms with Crippen LogP contribution < -0.4 is 4.74 Å². The first-order valence-electron chi connectivity index (χ1n) is 13.2. The van der Waals surface area contributed by atoms with Crippen molar-refractivity contribution >= 4 is 51.3 Å². The zero-order chi connectivity index (χ0) is 28.1. The van der Waals surface area contributed by atoms with Crippen molar-refractivity contribution in [1.82, 2.24) is 9.47 Å². The third-order valence-electron chi connectivity index (χ3n) is 6.52. The Kier molecular flexibility index (Phi) is 8.57. The second-order valence-electron chi connectivity index (χ2n) is 9.12. The van der Waals surface area contributed by atoms with Gasteiger partial charge in [-0.1, -0.05) is 30.0 Å². The minimum absolute atomic E-state index is 0.0237. The minimum atomic E-state index is -0.640. The summed E-state index contributed by atoms with van der Waals surface area (Å²) >= 11 is 1.20. The number of esters is 1. The van der Waals surface area contributed by atoms with Gasteiger partial charge in [-0.2, -0.15) is 0 Å². The van der Waals surface area contributed by atoms with Crippen molar-refractivity contribution in [2.45, 2.75) is 20.4 Å². The van der Waals surface area contributed by atoms with E-state index in [0.29, 0.717) is 48.5 Å². The average molecular weight is 562 g/mol. The maximum Gasteiger partial charge on any atom is 0.344 e. The number of aliphatic hydroxyl groups excluding tert-OH is 1. The number of carbonyl (C=O) groups excluding carboxylic acids is 2. The number of carbonyl (C=O) groups is 2. The van der Waals surface area contributed by atoms with Gasteiger partial charge in [-0.3, -0.25) is 4.79 Å². The van der Waals surface area contributed by atoms with Gasteiger partial charge in [-0.25, -0.2) is 9.79 Å². The minimum Gasteiger partial charge on any atom is -0.506 e. The second-order valence-corrected chi connectivity index (χ2v) is 10.2. The molecule has 1 fully saturated rings. The van der Waals surface area contributed by atoms with Gasteiger partial charge in [0.05, 0.1) is 37.0 Å². The molecule has 2 aromatic carbocycles. The highest BCUT2D eigenvalue weighted by atomic mass is 32.2. The predicted molar refractivity (Wildman–Crippen MR) is 156 cm³/mol. The van der Waals surface area contributed by atoms with E-state index in [-0.39, 0.29) is 30.4 Å². The Bertz CT molecular complexity index is 1500. The first kappa shape index (κ1) is 27.5. The molecular weight excluding hydrogens is 530 g/mol. The molecule has 10 heteroatoms. The normalized spacial score (nSPS) is 17.7. The number of hydrogen-bond acceptors (Lipinski definition) is 8. The third-order valence-corrected chi connectivity index (χ3v) is 7.54. The molecule has 0 bridgehead atoms. The van der Waals surface area contributed by atoms with Crippen molar-refractivity contribution in [2.75, 3.05) is 39.5 Å². The van der Waals surface area contributed by atoms with Gasteiger partial charge < -0.3 is 28.8 Å². The molecule has 5 rings (SSSR count). The fourth-order valence-electron chi connectivity index (χ4n) is 4.61. The van der Waals surface area contributed by atoms with Crippen LogP contribution in [-0.4, -0.2) is 71.0 Å². The molecule has 3 heterocycles. The quantitative estimate of drug-likeness (QED) is 0.382. The number of aliphatic hydroxyl groups is 1. The third kappa shape index (κ3) is 5.93. The molecule has 1 N–H and O–H groups in total. The highest BCUT2D eigenvalue weighted by molar-refractivity contribution is 8.18. The van der Waals surface area contributed by atoms with Gasteiger partial charge in [0.2, 0.25) is 5.91 Å². The van der Waals surface area contributed by atoms with Crippen LogP contribution in [0.15, 0.2) is 76.0 Å². The molecule has 0 atom stereocenters. The number of amides is 1. The summed E-state index contributed by atoms with van der Waals surface area (Å²) in [6, 6.07) is 15.0. The van der Waals surface area contributed by atoms with Gasteiger partial charge in [0.1, 0.15) is 28.7 Å². The van der Waals surface area contributed by atoms with Crippen molar-refractivity contribution in [2.24, 2.45) is 4.99 Å². The first-order chi connectivity index (χ1) is 19.5. The molecule has 1 saturated heterocycles. The summed E-state index contributed by atoms with van der Waals surface area (Å²) in [4.78, 5) is 32.7. The first-order valence-corrected chi connectivity index (χ1v) is 14.1. The lowest BCUT2D eigenvalue weighted by molar-refractivity contribution is -0.138. The van der Waals surface area contributed by atoms with Gasteiger partial charge in [0, 0.05) is 35.8 Å². The van der Waals surface area contributed by atoms with Crippen molar-refractivity contribution in [1.29, 1.82) is 0 Å².